The van der Waals surface area contributed by atoms with E-state index in [0.29, 0.717) is 29.8 Å². The largest absolute Gasteiger partial charge is 2.00 e. The molecule has 0 saturated carbocycles. The minimum atomic E-state index is -2.16. The summed E-state index contributed by atoms with van der Waals surface area (Å²) in [4.78, 5) is 44.0. The first-order valence-electron chi connectivity index (χ1n) is 13.7. The van der Waals surface area contributed by atoms with Crippen LogP contribution in [0.2, 0.25) is 0 Å². The third-order valence-corrected chi connectivity index (χ3v) is 6.86. The number of hydrogen-bond donors (Lipinski definition) is 1. The van der Waals surface area contributed by atoms with Gasteiger partial charge >= 0.3 is 28.4 Å². The minimum absolute atomic E-state index is 0. The summed E-state index contributed by atoms with van der Waals surface area (Å²) >= 11 is 0. The van der Waals surface area contributed by atoms with Crippen LogP contribution in [0.5, 0.6) is 0 Å². The van der Waals surface area contributed by atoms with Gasteiger partial charge in [0, 0.05) is 18.5 Å². The molecule has 3 aromatic rings. The number of para-hydroxylation sites is 1. The van der Waals surface area contributed by atoms with E-state index in [1.807, 2.05) is 30.3 Å². The first kappa shape index (κ1) is 32.6. The molecule has 0 bridgehead atoms. The molecular weight excluding hydrogens is 583 g/mol. The van der Waals surface area contributed by atoms with E-state index in [0.717, 1.165) is 18.5 Å². The summed E-state index contributed by atoms with van der Waals surface area (Å²) < 4.78 is 19.3. The molecule has 222 valence electrons. The Bertz CT molecular complexity index is 1370. The van der Waals surface area contributed by atoms with E-state index in [4.69, 9.17) is 4.74 Å². The molecule has 1 fully saturated rings. The predicted octanol–water partition coefficient (Wildman–Crippen LogP) is 5.46. The van der Waals surface area contributed by atoms with Crippen LogP contribution in [0.4, 0.5) is 10.1 Å². The van der Waals surface area contributed by atoms with Crippen LogP contribution in [0.3, 0.4) is 0 Å². The molecule has 1 aliphatic heterocycles. The normalized spacial score (nSPS) is 16.6. The zero-order valence-electron chi connectivity index (χ0n) is 23.2. The van der Waals surface area contributed by atoms with Crippen molar-refractivity contribution in [2.45, 2.75) is 51.0 Å². The number of ether oxygens (including phenoxy) is 1. The number of carbonyl (C=O) groups excluding carboxylic acids is 2. The number of esters is 1. The van der Waals surface area contributed by atoms with Gasteiger partial charge in [-0.25, -0.2) is 14.0 Å². The van der Waals surface area contributed by atoms with Gasteiger partial charge in [0.1, 0.15) is 0 Å². The fourth-order valence-electron chi connectivity index (χ4n) is 4.86. The SMILES string of the molecule is CCOC(=O)C([18F])CC(N=C(c1ccccc1)c1ccccc1[N-]C(=O)C1CCCN1Cc1ccccc1)C(=O)O.[Ni+2]. The Balaban J connectivity index is 0.00000484. The van der Waals surface area contributed by atoms with Gasteiger partial charge in [-0.15, -0.1) is 5.69 Å². The van der Waals surface area contributed by atoms with Gasteiger partial charge in [0.05, 0.1) is 24.3 Å². The van der Waals surface area contributed by atoms with Gasteiger partial charge in [0.25, 0.3) is 0 Å². The monoisotopic (exact) mass is 615 g/mol. The van der Waals surface area contributed by atoms with Crippen LogP contribution in [0.25, 0.3) is 5.32 Å². The van der Waals surface area contributed by atoms with Crippen LogP contribution < -0.4 is 0 Å². The number of benzene rings is 3. The summed E-state index contributed by atoms with van der Waals surface area (Å²) in [5.74, 6) is -2.81. The molecule has 8 nitrogen and oxygen atoms in total. The third-order valence-electron chi connectivity index (χ3n) is 6.86. The molecule has 1 heterocycles. The standard InChI is InChI=1S/C32H34FN3O5.Ni/c1-2-41-32(40)25(33)20-27(31(38)39)34-29(23-14-7-4-8-15-23)24-16-9-10-17-26(24)35-30(37)28-18-11-19-36(28)21-22-12-5-3-6-13-22;/h3-10,12-17,25,27-28H,2,11,18-21H2,1H3,(H2,34,35,37,38,39);/q;+2/p-1/i33-1;. The van der Waals surface area contributed by atoms with Gasteiger partial charge in [-0.2, -0.15) is 0 Å². The zero-order chi connectivity index (χ0) is 29.2. The number of alkyl halides is 1. The summed E-state index contributed by atoms with van der Waals surface area (Å²) in [5.41, 5.74) is 2.66. The maximum atomic E-state index is 14.6. The Morgan fingerprint density at radius 3 is 2.33 bits per heavy atom. The first-order chi connectivity index (χ1) is 19.9. The van der Waals surface area contributed by atoms with Gasteiger partial charge in [0.2, 0.25) is 0 Å². The minimum Gasteiger partial charge on any atom is -0.625 e. The fraction of sp³-hybridized carbons (Fsp3) is 0.312. The average molecular weight is 616 g/mol. The molecule has 3 atom stereocenters. The number of likely N-dealkylation sites (tertiary alicyclic amines) is 1. The van der Waals surface area contributed by atoms with Crippen molar-refractivity contribution in [3.05, 3.63) is 107 Å². The number of carboxylic acid groups (broad SMARTS) is 1. The molecule has 3 aromatic carbocycles. The number of aliphatic imine (C=N–C) groups is 1. The van der Waals surface area contributed by atoms with Gasteiger partial charge in [-0.05, 0) is 37.4 Å². The van der Waals surface area contributed by atoms with Crippen molar-refractivity contribution in [3.63, 3.8) is 0 Å². The molecule has 1 saturated heterocycles. The first-order valence-corrected chi connectivity index (χ1v) is 13.7. The fourth-order valence-corrected chi connectivity index (χ4v) is 4.86. The van der Waals surface area contributed by atoms with Gasteiger partial charge < -0.3 is 20.0 Å². The van der Waals surface area contributed by atoms with Crippen molar-refractivity contribution >= 4 is 29.2 Å². The summed E-state index contributed by atoms with van der Waals surface area (Å²) in [6, 6.07) is 23.6. The van der Waals surface area contributed by atoms with Crippen molar-refractivity contribution in [1.82, 2.24) is 4.90 Å². The van der Waals surface area contributed by atoms with Crippen molar-refractivity contribution in [2.75, 3.05) is 13.2 Å². The molecule has 1 aliphatic rings. The molecule has 0 aromatic heterocycles. The topological polar surface area (TPSA) is 110 Å². The number of nitrogens with zero attached hydrogens (tertiary/aromatic N) is 3. The molecule has 42 heavy (non-hydrogen) atoms. The van der Waals surface area contributed by atoms with E-state index < -0.39 is 30.6 Å². The third kappa shape index (κ3) is 8.57. The van der Waals surface area contributed by atoms with Gasteiger partial charge in [0.15, 0.2) is 12.2 Å². The van der Waals surface area contributed by atoms with Crippen molar-refractivity contribution in [3.8, 4) is 0 Å². The number of carboxylic acids is 1. The van der Waals surface area contributed by atoms with Crippen LogP contribution in [0.1, 0.15) is 42.9 Å². The summed E-state index contributed by atoms with van der Waals surface area (Å²) in [6.45, 7) is 2.93. The number of carbonyl (C=O) groups is 3. The summed E-state index contributed by atoms with van der Waals surface area (Å²) in [6.07, 6.45) is -1.29. The molecule has 1 amide bonds. The van der Waals surface area contributed by atoms with E-state index >= 15 is 0 Å². The predicted molar refractivity (Wildman–Crippen MR) is 154 cm³/mol. The molecule has 0 spiro atoms. The van der Waals surface area contributed by atoms with E-state index in [-0.39, 0.29) is 40.8 Å². The van der Waals surface area contributed by atoms with E-state index in [1.54, 1.807) is 61.5 Å². The maximum absolute atomic E-state index is 14.6. The Morgan fingerprint density at radius 2 is 1.67 bits per heavy atom. The van der Waals surface area contributed by atoms with Gasteiger partial charge in [-0.1, -0.05) is 84.9 Å². The molecule has 3 unspecified atom stereocenters. The Hall–Kier alpha value is -3.88. The molecule has 4 rings (SSSR count). The van der Waals surface area contributed by atoms with Crippen LogP contribution >= 0.6 is 0 Å². The van der Waals surface area contributed by atoms with Crippen molar-refractivity contribution in [1.29, 1.82) is 0 Å². The van der Waals surface area contributed by atoms with Gasteiger partial charge in [-0.3, -0.25) is 9.89 Å². The number of hydrogen-bond acceptors (Lipinski definition) is 6. The van der Waals surface area contributed by atoms with Crippen LogP contribution in [0.15, 0.2) is 89.9 Å². The molecule has 0 radical (unpaired) electrons. The summed E-state index contributed by atoms with van der Waals surface area (Å²) in [7, 11) is 0. The Morgan fingerprint density at radius 1 is 1.02 bits per heavy atom. The van der Waals surface area contributed by atoms with E-state index in [1.165, 1.54) is 0 Å². The molecule has 10 heteroatoms. The maximum Gasteiger partial charge on any atom is 2.00 e. The number of rotatable bonds is 12. The van der Waals surface area contributed by atoms with Crippen LogP contribution in [-0.2, 0) is 42.2 Å². The second-order valence-electron chi connectivity index (χ2n) is 9.73. The smallest absolute Gasteiger partial charge is 0.625 e. The Labute approximate surface area is 254 Å². The average Bonchev–Trinajstić information content (AvgIpc) is 3.45. The zero-order valence-corrected chi connectivity index (χ0v) is 24.2. The Kier molecular flexibility index (Phi) is 12.4. The second kappa shape index (κ2) is 15.9. The molecule has 1 N–H and O–H groups in total. The quantitative estimate of drug-likeness (QED) is 0.164. The number of aliphatic carboxylic acids is 1. The van der Waals surface area contributed by atoms with E-state index in [2.05, 4.69) is 15.2 Å². The van der Waals surface area contributed by atoms with Crippen LogP contribution in [-0.4, -0.2) is 65.0 Å². The second-order valence-corrected chi connectivity index (χ2v) is 9.73. The molecule has 0 aliphatic carbocycles. The molecular formula is C32H33FN3NiO5+. The number of amides is 1. The number of halogens is 1. The summed E-state index contributed by atoms with van der Waals surface area (Å²) in [5, 5.41) is 14.4. The van der Waals surface area contributed by atoms with Crippen molar-refractivity contribution < 1.29 is 45.1 Å². The van der Waals surface area contributed by atoms with Crippen molar-refractivity contribution in [2.24, 2.45) is 4.99 Å². The van der Waals surface area contributed by atoms with Crippen LogP contribution in [0, 0.1) is 0 Å². The van der Waals surface area contributed by atoms with E-state index in [9.17, 15) is 23.9 Å².